The molecule has 0 saturated carbocycles. The minimum atomic E-state index is -3.82. The smallest absolute Gasteiger partial charge is 0.338 e. The molecule has 3 aromatic rings. The van der Waals surface area contributed by atoms with Crippen LogP contribution < -0.4 is 10.0 Å². The molecular weight excluding hydrogens is 428 g/mol. The van der Waals surface area contributed by atoms with Crippen molar-refractivity contribution in [3.8, 4) is 0 Å². The van der Waals surface area contributed by atoms with Gasteiger partial charge in [0, 0.05) is 13.1 Å². The first kappa shape index (κ1) is 23.2. The van der Waals surface area contributed by atoms with Crippen molar-refractivity contribution in [2.24, 2.45) is 0 Å². The fraction of sp³-hybridized carbons (Fsp3) is 0.167. The molecule has 0 radical (unpaired) electrons. The van der Waals surface area contributed by atoms with Crippen LogP contribution in [0.4, 0.5) is 0 Å². The average Bonchev–Trinajstić information content (AvgIpc) is 2.83. The molecule has 3 aromatic carbocycles. The van der Waals surface area contributed by atoms with Crippen LogP contribution in [0.2, 0.25) is 0 Å². The summed E-state index contributed by atoms with van der Waals surface area (Å²) < 4.78 is 32.6. The van der Waals surface area contributed by atoms with Gasteiger partial charge in [-0.2, -0.15) is 0 Å². The summed E-state index contributed by atoms with van der Waals surface area (Å²) in [6, 6.07) is 24.3. The van der Waals surface area contributed by atoms with Crippen molar-refractivity contribution in [1.82, 2.24) is 10.0 Å². The first-order valence-corrected chi connectivity index (χ1v) is 11.5. The first-order valence-electron chi connectivity index (χ1n) is 10.1. The number of hydrogen-bond acceptors (Lipinski definition) is 5. The molecule has 8 heteroatoms. The molecule has 1 amide bonds. The van der Waals surface area contributed by atoms with Crippen molar-refractivity contribution in [2.75, 3.05) is 13.2 Å². The Balaban J connectivity index is 1.50. The molecule has 3 rings (SSSR count). The Kier molecular flexibility index (Phi) is 8.13. The Morgan fingerprint density at radius 2 is 1.47 bits per heavy atom. The van der Waals surface area contributed by atoms with Gasteiger partial charge in [-0.05, 0) is 35.7 Å². The minimum Gasteiger partial charge on any atom is -0.452 e. The summed E-state index contributed by atoms with van der Waals surface area (Å²) in [4.78, 5) is 24.1. The maximum atomic E-state index is 12.6. The van der Waals surface area contributed by atoms with Gasteiger partial charge in [-0.3, -0.25) is 4.79 Å². The van der Waals surface area contributed by atoms with Crippen molar-refractivity contribution < 1.29 is 22.7 Å². The minimum absolute atomic E-state index is 0.0460. The number of carbonyl (C=O) groups excluding carboxylic acids is 2. The van der Waals surface area contributed by atoms with Crippen molar-refractivity contribution in [1.29, 1.82) is 0 Å². The fourth-order valence-corrected chi connectivity index (χ4v) is 3.97. The lowest BCUT2D eigenvalue weighted by atomic mass is 10.1. The highest BCUT2D eigenvalue weighted by atomic mass is 32.2. The van der Waals surface area contributed by atoms with Gasteiger partial charge in [0.2, 0.25) is 10.0 Å². The maximum absolute atomic E-state index is 12.6. The molecule has 0 aromatic heterocycles. The largest absolute Gasteiger partial charge is 0.452 e. The van der Waals surface area contributed by atoms with Gasteiger partial charge in [-0.15, -0.1) is 0 Å². The second-order valence-corrected chi connectivity index (χ2v) is 8.77. The lowest BCUT2D eigenvalue weighted by Gasteiger charge is -2.09. The van der Waals surface area contributed by atoms with Gasteiger partial charge in [-0.25, -0.2) is 17.9 Å². The van der Waals surface area contributed by atoms with Gasteiger partial charge in [0.15, 0.2) is 6.61 Å². The average molecular weight is 453 g/mol. The van der Waals surface area contributed by atoms with E-state index in [0.717, 1.165) is 11.1 Å². The van der Waals surface area contributed by atoms with E-state index in [9.17, 15) is 18.0 Å². The topological polar surface area (TPSA) is 102 Å². The van der Waals surface area contributed by atoms with Gasteiger partial charge in [0.05, 0.1) is 10.5 Å². The maximum Gasteiger partial charge on any atom is 0.338 e. The lowest BCUT2D eigenvalue weighted by Crippen LogP contribution is -2.30. The summed E-state index contributed by atoms with van der Waals surface area (Å²) in [5, 5.41) is 2.68. The third-order valence-electron chi connectivity index (χ3n) is 4.60. The zero-order valence-corrected chi connectivity index (χ0v) is 18.2. The van der Waals surface area contributed by atoms with Crippen molar-refractivity contribution in [3.63, 3.8) is 0 Å². The van der Waals surface area contributed by atoms with Crippen LogP contribution in [-0.2, 0) is 32.5 Å². The van der Waals surface area contributed by atoms with Gasteiger partial charge in [0.1, 0.15) is 0 Å². The second kappa shape index (κ2) is 11.2. The van der Waals surface area contributed by atoms with E-state index in [1.165, 1.54) is 24.3 Å². The summed E-state index contributed by atoms with van der Waals surface area (Å²) >= 11 is 0. The molecule has 0 aliphatic rings. The van der Waals surface area contributed by atoms with Crippen LogP contribution >= 0.6 is 0 Å². The van der Waals surface area contributed by atoms with E-state index in [1.807, 2.05) is 48.5 Å². The Labute approximate surface area is 187 Å². The molecule has 2 N–H and O–H groups in total. The van der Waals surface area contributed by atoms with Crippen molar-refractivity contribution in [2.45, 2.75) is 17.9 Å². The number of benzene rings is 3. The quantitative estimate of drug-likeness (QED) is 0.461. The van der Waals surface area contributed by atoms with Crippen LogP contribution in [0.1, 0.15) is 21.5 Å². The molecule has 32 heavy (non-hydrogen) atoms. The predicted molar refractivity (Wildman–Crippen MR) is 120 cm³/mol. The molecule has 0 aliphatic heterocycles. The van der Waals surface area contributed by atoms with Crippen molar-refractivity contribution in [3.05, 3.63) is 102 Å². The molecular formula is C24H24N2O5S. The number of nitrogens with one attached hydrogen (secondary N) is 2. The van der Waals surface area contributed by atoms with Gasteiger partial charge >= 0.3 is 5.97 Å². The first-order chi connectivity index (χ1) is 15.4. The molecule has 0 atom stereocenters. The summed E-state index contributed by atoms with van der Waals surface area (Å²) in [5.74, 6) is -1.20. The van der Waals surface area contributed by atoms with Crippen LogP contribution in [0, 0.1) is 0 Å². The lowest BCUT2D eigenvalue weighted by molar-refractivity contribution is -0.124. The zero-order chi connectivity index (χ0) is 22.8. The molecule has 0 spiro atoms. The van der Waals surface area contributed by atoms with Crippen LogP contribution in [-0.4, -0.2) is 33.4 Å². The van der Waals surface area contributed by atoms with Crippen LogP contribution in [0.25, 0.3) is 0 Å². The van der Waals surface area contributed by atoms with E-state index < -0.39 is 28.5 Å². The number of esters is 1. The Bertz CT molecular complexity index is 1150. The van der Waals surface area contributed by atoms with E-state index in [0.29, 0.717) is 13.0 Å². The van der Waals surface area contributed by atoms with Crippen LogP contribution in [0.15, 0.2) is 89.8 Å². The van der Waals surface area contributed by atoms with E-state index in [-0.39, 0.29) is 17.0 Å². The van der Waals surface area contributed by atoms with E-state index >= 15 is 0 Å². The number of amides is 1. The van der Waals surface area contributed by atoms with Gasteiger partial charge in [0.25, 0.3) is 5.91 Å². The van der Waals surface area contributed by atoms with E-state index in [4.69, 9.17) is 4.74 Å². The molecule has 0 aliphatic carbocycles. The number of carbonyl (C=O) groups is 2. The number of hydrogen-bond donors (Lipinski definition) is 2. The molecule has 0 bridgehead atoms. The van der Waals surface area contributed by atoms with Crippen LogP contribution in [0.5, 0.6) is 0 Å². The molecule has 7 nitrogen and oxygen atoms in total. The summed E-state index contributed by atoms with van der Waals surface area (Å²) in [5.41, 5.74) is 1.94. The van der Waals surface area contributed by atoms with Crippen LogP contribution in [0.3, 0.4) is 0 Å². The standard InChI is InChI=1S/C24H24N2O5S/c27-23(25-15-14-19-8-3-1-4-9-19)18-31-24(28)21-12-7-13-22(16-21)32(29,30)26-17-20-10-5-2-6-11-20/h1-13,16,26H,14-15,17-18H2,(H,25,27). The zero-order valence-electron chi connectivity index (χ0n) is 17.4. The van der Waals surface area contributed by atoms with E-state index in [1.54, 1.807) is 12.1 Å². The fourth-order valence-electron chi connectivity index (χ4n) is 2.90. The van der Waals surface area contributed by atoms with Crippen molar-refractivity contribution >= 4 is 21.9 Å². The van der Waals surface area contributed by atoms with Gasteiger partial charge in [-0.1, -0.05) is 66.7 Å². The van der Waals surface area contributed by atoms with E-state index in [2.05, 4.69) is 10.0 Å². The monoisotopic (exact) mass is 452 g/mol. The summed E-state index contributed by atoms with van der Waals surface area (Å²) in [6.45, 7) is 0.0963. The third-order valence-corrected chi connectivity index (χ3v) is 6.00. The Morgan fingerprint density at radius 1 is 0.812 bits per heavy atom. The second-order valence-electron chi connectivity index (χ2n) is 7.00. The molecule has 0 saturated heterocycles. The highest BCUT2D eigenvalue weighted by molar-refractivity contribution is 7.89. The highest BCUT2D eigenvalue weighted by Crippen LogP contribution is 2.13. The molecule has 0 heterocycles. The number of rotatable bonds is 10. The normalized spacial score (nSPS) is 11.0. The third kappa shape index (κ3) is 7.04. The van der Waals surface area contributed by atoms with Gasteiger partial charge < -0.3 is 10.1 Å². The summed E-state index contributed by atoms with van der Waals surface area (Å²) in [6.07, 6.45) is 0.663. The Morgan fingerprint density at radius 3 is 2.16 bits per heavy atom. The summed E-state index contributed by atoms with van der Waals surface area (Å²) in [7, 11) is -3.82. The highest BCUT2D eigenvalue weighted by Gasteiger charge is 2.17. The SMILES string of the molecule is O=C(COC(=O)c1cccc(S(=O)(=O)NCc2ccccc2)c1)NCCc1ccccc1. The number of ether oxygens (including phenoxy) is 1. The predicted octanol–water partition coefficient (Wildman–Crippen LogP) is 2.68. The Hall–Kier alpha value is -3.49. The molecule has 0 fully saturated rings. The molecule has 166 valence electrons. The number of sulfonamides is 1. The molecule has 0 unspecified atom stereocenters.